The van der Waals surface area contributed by atoms with E-state index in [-0.39, 0.29) is 0 Å². The fraction of sp³-hybridized carbons (Fsp3) is 0.438. The predicted octanol–water partition coefficient (Wildman–Crippen LogP) is 3.05. The summed E-state index contributed by atoms with van der Waals surface area (Å²) < 4.78 is 7.84. The van der Waals surface area contributed by atoms with Crippen LogP contribution in [0, 0.1) is 0 Å². The number of rotatable bonds is 6. The Balaban J connectivity index is 1.70. The Bertz CT molecular complexity index is 576. The van der Waals surface area contributed by atoms with Crippen molar-refractivity contribution >= 4 is 11.3 Å². The molecule has 0 saturated carbocycles. The van der Waals surface area contributed by atoms with Gasteiger partial charge in [-0.2, -0.15) is 0 Å². The second-order valence-corrected chi connectivity index (χ2v) is 6.31. The number of ether oxygens (including phenoxy) is 1. The highest BCUT2D eigenvalue weighted by Crippen LogP contribution is 2.20. The fourth-order valence-electron chi connectivity index (χ4n) is 2.70. The Hall–Kier alpha value is -1.43. The van der Waals surface area contributed by atoms with Gasteiger partial charge in [-0.15, -0.1) is 17.9 Å². The second kappa shape index (κ2) is 7.02. The Labute approximate surface area is 129 Å². The van der Waals surface area contributed by atoms with Crippen molar-refractivity contribution in [1.82, 2.24) is 14.5 Å². The van der Waals surface area contributed by atoms with Gasteiger partial charge in [0.1, 0.15) is 0 Å². The van der Waals surface area contributed by atoms with Gasteiger partial charge in [0.25, 0.3) is 0 Å². The van der Waals surface area contributed by atoms with Crippen molar-refractivity contribution in [2.75, 3.05) is 13.2 Å². The molecule has 5 heteroatoms. The average Bonchev–Trinajstić information content (AvgIpc) is 3.06. The number of aryl methyl sites for hydroxylation is 1. The summed E-state index contributed by atoms with van der Waals surface area (Å²) in [7, 11) is 0. The van der Waals surface area contributed by atoms with Crippen LogP contribution in [0.4, 0.5) is 0 Å². The molecule has 21 heavy (non-hydrogen) atoms. The van der Waals surface area contributed by atoms with E-state index in [2.05, 4.69) is 38.5 Å². The van der Waals surface area contributed by atoms with Gasteiger partial charge in [-0.1, -0.05) is 12.1 Å². The number of hydrogen-bond acceptors (Lipinski definition) is 4. The number of imidazole rings is 1. The maximum atomic E-state index is 5.56. The molecule has 0 spiro atoms. The van der Waals surface area contributed by atoms with Crippen LogP contribution in [0.2, 0.25) is 0 Å². The summed E-state index contributed by atoms with van der Waals surface area (Å²) in [6, 6.07) is 4.33. The normalized spacial score (nSPS) is 15.6. The van der Waals surface area contributed by atoms with Gasteiger partial charge in [0.05, 0.1) is 30.9 Å². The molecule has 0 bridgehead atoms. The molecule has 3 heterocycles. The predicted molar refractivity (Wildman–Crippen MR) is 85.1 cm³/mol. The molecule has 3 rings (SSSR count). The highest BCUT2D eigenvalue weighted by atomic mass is 32.1. The van der Waals surface area contributed by atoms with Crippen molar-refractivity contribution in [1.29, 1.82) is 0 Å². The number of thiophene rings is 1. The number of nitrogens with zero attached hydrogens (tertiary/aromatic N) is 3. The lowest BCUT2D eigenvalue weighted by atomic mass is 10.3. The van der Waals surface area contributed by atoms with Gasteiger partial charge >= 0.3 is 0 Å². The summed E-state index contributed by atoms with van der Waals surface area (Å²) in [6.07, 6.45) is 4.90. The van der Waals surface area contributed by atoms with E-state index >= 15 is 0 Å². The molecule has 1 aliphatic rings. The molecule has 0 unspecified atom stereocenters. The zero-order chi connectivity index (χ0) is 14.5. The number of fused-ring (bicyclic) bond motifs is 1. The van der Waals surface area contributed by atoms with Crippen LogP contribution in [0.25, 0.3) is 0 Å². The summed E-state index contributed by atoms with van der Waals surface area (Å²) in [4.78, 5) is 8.45. The van der Waals surface area contributed by atoms with Crippen LogP contribution in [-0.2, 0) is 31.0 Å². The van der Waals surface area contributed by atoms with Gasteiger partial charge in [0.2, 0.25) is 0 Å². The molecule has 2 aromatic heterocycles. The molecule has 1 aliphatic heterocycles. The van der Waals surface area contributed by atoms with Gasteiger partial charge in [-0.25, -0.2) is 4.98 Å². The molecular weight excluding hydrogens is 282 g/mol. The smallest absolute Gasteiger partial charge is 0.0953 e. The van der Waals surface area contributed by atoms with Gasteiger partial charge < -0.3 is 9.30 Å². The van der Waals surface area contributed by atoms with E-state index in [0.717, 1.165) is 31.9 Å². The molecule has 2 aromatic rings. The molecule has 0 amide bonds. The summed E-state index contributed by atoms with van der Waals surface area (Å²) in [5, 5.41) is 2.14. The Morgan fingerprint density at radius 3 is 3.19 bits per heavy atom. The summed E-state index contributed by atoms with van der Waals surface area (Å²) in [5.41, 5.74) is 2.36. The molecule has 4 nitrogen and oxygen atoms in total. The van der Waals surface area contributed by atoms with Crippen LogP contribution < -0.4 is 0 Å². The van der Waals surface area contributed by atoms with Crippen molar-refractivity contribution in [3.05, 3.63) is 52.8 Å². The van der Waals surface area contributed by atoms with E-state index in [4.69, 9.17) is 4.74 Å². The van der Waals surface area contributed by atoms with Crippen molar-refractivity contribution < 1.29 is 4.74 Å². The molecule has 0 fully saturated rings. The first kappa shape index (κ1) is 14.5. The van der Waals surface area contributed by atoms with Crippen molar-refractivity contribution in [2.45, 2.75) is 32.7 Å². The van der Waals surface area contributed by atoms with E-state index < -0.39 is 0 Å². The van der Waals surface area contributed by atoms with E-state index in [0.29, 0.717) is 13.2 Å². The lowest BCUT2D eigenvalue weighted by Crippen LogP contribution is -2.23. The second-order valence-electron chi connectivity index (χ2n) is 5.28. The monoisotopic (exact) mass is 303 g/mol. The van der Waals surface area contributed by atoms with Gasteiger partial charge in [0.15, 0.2) is 0 Å². The van der Waals surface area contributed by atoms with E-state index in [1.807, 2.05) is 17.7 Å². The average molecular weight is 303 g/mol. The number of hydrogen-bond donors (Lipinski definition) is 0. The first-order chi connectivity index (χ1) is 10.4. The molecule has 0 saturated heterocycles. The highest BCUT2D eigenvalue weighted by Gasteiger charge is 2.19. The molecular formula is C16H21N3OS. The van der Waals surface area contributed by atoms with Crippen molar-refractivity contribution in [3.8, 4) is 0 Å². The molecule has 0 radical (unpaired) electrons. The minimum absolute atomic E-state index is 0.571. The van der Waals surface area contributed by atoms with Crippen molar-refractivity contribution in [3.63, 3.8) is 0 Å². The van der Waals surface area contributed by atoms with Crippen LogP contribution in [0.5, 0.6) is 0 Å². The molecule has 0 aliphatic carbocycles. The van der Waals surface area contributed by atoms with Crippen LogP contribution in [0.15, 0.2) is 36.5 Å². The summed E-state index contributed by atoms with van der Waals surface area (Å²) in [5.74, 6) is 0. The van der Waals surface area contributed by atoms with Crippen molar-refractivity contribution in [2.24, 2.45) is 0 Å². The summed E-state index contributed by atoms with van der Waals surface area (Å²) in [6.45, 7) is 8.97. The quantitative estimate of drug-likeness (QED) is 0.607. The third-order valence-corrected chi connectivity index (χ3v) is 4.57. The minimum Gasteiger partial charge on any atom is -0.371 e. The van der Waals surface area contributed by atoms with Gasteiger partial charge in [0, 0.05) is 31.1 Å². The zero-order valence-corrected chi connectivity index (χ0v) is 13.0. The third-order valence-electron chi connectivity index (χ3n) is 3.71. The summed E-state index contributed by atoms with van der Waals surface area (Å²) >= 11 is 1.83. The SMILES string of the molecule is C=CCOCc1ncn2c1CN(Cc1cccs1)CCC2. The van der Waals surface area contributed by atoms with Crippen LogP contribution in [0.1, 0.15) is 22.7 Å². The maximum absolute atomic E-state index is 5.56. The molecule has 112 valence electrons. The molecule has 0 N–H and O–H groups in total. The van der Waals surface area contributed by atoms with E-state index in [9.17, 15) is 0 Å². The van der Waals surface area contributed by atoms with Gasteiger partial charge in [-0.3, -0.25) is 4.90 Å². The Morgan fingerprint density at radius 1 is 1.43 bits per heavy atom. The minimum atomic E-state index is 0.571. The molecule has 0 atom stereocenters. The largest absolute Gasteiger partial charge is 0.371 e. The molecule has 0 aromatic carbocycles. The zero-order valence-electron chi connectivity index (χ0n) is 12.2. The van der Waals surface area contributed by atoms with E-state index in [1.54, 1.807) is 6.08 Å². The number of aromatic nitrogens is 2. The van der Waals surface area contributed by atoms with Crippen LogP contribution in [-0.4, -0.2) is 27.6 Å². The topological polar surface area (TPSA) is 30.3 Å². The lowest BCUT2D eigenvalue weighted by molar-refractivity contribution is 0.144. The van der Waals surface area contributed by atoms with Gasteiger partial charge in [-0.05, 0) is 17.9 Å². The fourth-order valence-corrected chi connectivity index (χ4v) is 3.44. The highest BCUT2D eigenvalue weighted by molar-refractivity contribution is 7.09. The lowest BCUT2D eigenvalue weighted by Gasteiger charge is -2.19. The van der Waals surface area contributed by atoms with E-state index in [1.165, 1.54) is 17.0 Å². The van der Waals surface area contributed by atoms with Crippen LogP contribution >= 0.6 is 11.3 Å². The first-order valence-electron chi connectivity index (χ1n) is 7.33. The van der Waals surface area contributed by atoms with Crippen LogP contribution in [0.3, 0.4) is 0 Å². The maximum Gasteiger partial charge on any atom is 0.0953 e. The standard InChI is InChI=1S/C16H21N3OS/c1-2-8-20-12-15-16-11-18(10-14-5-3-9-21-14)6-4-7-19(16)13-17-15/h2-3,5,9,13H,1,4,6-8,10-12H2. The third kappa shape index (κ3) is 3.61. The first-order valence-corrected chi connectivity index (χ1v) is 8.21. The Morgan fingerprint density at radius 2 is 2.38 bits per heavy atom. The Kier molecular flexibility index (Phi) is 4.85.